The second kappa shape index (κ2) is 10.2. The normalized spacial score (nSPS) is 17.3. The van der Waals surface area contributed by atoms with Crippen molar-refractivity contribution in [2.75, 3.05) is 6.54 Å². The number of allylic oxidation sites excluding steroid dienone is 1. The van der Waals surface area contributed by atoms with Crippen molar-refractivity contribution in [1.29, 1.82) is 0 Å². The molecule has 0 spiro atoms. The molecule has 5 rings (SSSR count). The molecule has 1 aromatic carbocycles. The Hall–Kier alpha value is -4.61. The standard InChI is InChI=1S/C28H25F2N3O7/c1-3-28(40-25(37)11-31-14(2)4-5-23(34)35)10-24(36)39-13-17-18(28)8-22-26-16(12-33(22)27(17)38)6-15-7-19(29)20(30)9-21(15)32-26/h6-9,31H,2-5,10-13H2,1H3,(H,34,35). The summed E-state index contributed by atoms with van der Waals surface area (Å²) in [5.74, 6) is -4.48. The molecule has 0 bridgehead atoms. The van der Waals surface area contributed by atoms with E-state index in [1.165, 1.54) is 4.57 Å². The van der Waals surface area contributed by atoms with E-state index in [4.69, 9.17) is 14.6 Å². The Balaban J connectivity index is 1.54. The number of carboxylic acid groups (broad SMARTS) is 1. The lowest BCUT2D eigenvalue weighted by Crippen LogP contribution is -2.39. The fourth-order valence-electron chi connectivity index (χ4n) is 5.12. The van der Waals surface area contributed by atoms with Crippen LogP contribution in [-0.4, -0.2) is 39.1 Å². The summed E-state index contributed by atoms with van der Waals surface area (Å²) in [4.78, 5) is 54.5. The number of benzene rings is 1. The number of rotatable bonds is 8. The molecule has 2 aliphatic rings. The maximum atomic E-state index is 13.9. The lowest BCUT2D eigenvalue weighted by Gasteiger charge is -2.32. The van der Waals surface area contributed by atoms with E-state index >= 15 is 0 Å². The second-order valence-corrected chi connectivity index (χ2v) is 9.78. The summed E-state index contributed by atoms with van der Waals surface area (Å²) in [6.07, 6.45) is -0.266. The highest BCUT2D eigenvalue weighted by atomic mass is 19.2. The number of aromatic nitrogens is 2. The molecule has 2 aliphatic heterocycles. The first-order valence-electron chi connectivity index (χ1n) is 12.6. The SMILES string of the molecule is C=C(CCC(=O)O)NCC(=O)OC1(CC)CC(=O)OCc2c1cc1n(c2=O)Cc2cc3cc(F)c(F)cc3nc2-1. The van der Waals surface area contributed by atoms with Crippen LogP contribution in [0.15, 0.2) is 41.3 Å². The predicted octanol–water partition coefficient (Wildman–Crippen LogP) is 3.27. The first-order valence-corrected chi connectivity index (χ1v) is 12.6. The number of nitrogens with one attached hydrogen (secondary N) is 1. The highest BCUT2D eigenvalue weighted by Gasteiger charge is 2.44. The number of nitrogens with zero attached hydrogens (tertiary/aromatic N) is 2. The molecule has 0 amide bonds. The van der Waals surface area contributed by atoms with E-state index in [9.17, 15) is 28.0 Å². The molecular weight excluding hydrogens is 528 g/mol. The third-order valence-electron chi connectivity index (χ3n) is 7.21. The molecule has 0 radical (unpaired) electrons. The van der Waals surface area contributed by atoms with E-state index < -0.39 is 40.7 Å². The Morgan fingerprint density at radius 2 is 1.95 bits per heavy atom. The topological polar surface area (TPSA) is 137 Å². The van der Waals surface area contributed by atoms with E-state index in [2.05, 4.69) is 16.9 Å². The lowest BCUT2D eigenvalue weighted by molar-refractivity contribution is -0.166. The zero-order valence-corrected chi connectivity index (χ0v) is 21.5. The van der Waals surface area contributed by atoms with Crippen LogP contribution in [0, 0.1) is 11.6 Å². The molecule has 4 heterocycles. The van der Waals surface area contributed by atoms with Crippen LogP contribution in [0.2, 0.25) is 0 Å². The maximum absolute atomic E-state index is 13.9. The van der Waals surface area contributed by atoms with Crippen molar-refractivity contribution < 1.29 is 37.7 Å². The molecule has 0 saturated carbocycles. The van der Waals surface area contributed by atoms with Crippen molar-refractivity contribution in [2.24, 2.45) is 0 Å². The van der Waals surface area contributed by atoms with Gasteiger partial charge in [-0.15, -0.1) is 0 Å². The Kier molecular flexibility index (Phi) is 6.86. The quantitative estimate of drug-likeness (QED) is 0.315. The summed E-state index contributed by atoms with van der Waals surface area (Å²) in [5.41, 5.74) is 0.381. The van der Waals surface area contributed by atoms with Crippen molar-refractivity contribution in [3.8, 4) is 11.4 Å². The highest BCUT2D eigenvalue weighted by molar-refractivity contribution is 5.84. The predicted molar refractivity (Wildman–Crippen MR) is 137 cm³/mol. The fraction of sp³-hybridized carbons (Fsp3) is 0.321. The smallest absolute Gasteiger partial charge is 0.326 e. The molecule has 2 N–H and O–H groups in total. The van der Waals surface area contributed by atoms with Crippen LogP contribution in [0.1, 0.15) is 49.3 Å². The molecule has 10 nitrogen and oxygen atoms in total. The average Bonchev–Trinajstić information content (AvgIpc) is 3.19. The molecule has 3 aromatic rings. The minimum atomic E-state index is -1.53. The molecule has 1 unspecified atom stereocenters. The zero-order valence-electron chi connectivity index (χ0n) is 21.5. The van der Waals surface area contributed by atoms with Gasteiger partial charge in [0, 0.05) is 28.3 Å². The Morgan fingerprint density at radius 1 is 1.20 bits per heavy atom. The highest BCUT2D eigenvalue weighted by Crippen LogP contribution is 2.41. The van der Waals surface area contributed by atoms with Gasteiger partial charge in [0.1, 0.15) is 18.8 Å². The molecule has 0 aliphatic carbocycles. The number of carbonyl (C=O) groups is 3. The van der Waals surface area contributed by atoms with Gasteiger partial charge in [-0.3, -0.25) is 19.2 Å². The van der Waals surface area contributed by atoms with Gasteiger partial charge in [-0.2, -0.15) is 0 Å². The molecule has 12 heteroatoms. The first kappa shape index (κ1) is 27.0. The Bertz CT molecular complexity index is 1670. The van der Waals surface area contributed by atoms with Crippen molar-refractivity contribution in [3.63, 3.8) is 0 Å². The Morgan fingerprint density at radius 3 is 2.67 bits per heavy atom. The van der Waals surface area contributed by atoms with Gasteiger partial charge in [-0.05, 0) is 31.0 Å². The van der Waals surface area contributed by atoms with Gasteiger partial charge in [0.15, 0.2) is 11.6 Å². The van der Waals surface area contributed by atoms with E-state index in [-0.39, 0.29) is 56.5 Å². The van der Waals surface area contributed by atoms with E-state index in [1.54, 1.807) is 19.1 Å². The van der Waals surface area contributed by atoms with Crippen LogP contribution in [0.5, 0.6) is 0 Å². The van der Waals surface area contributed by atoms with Crippen molar-refractivity contribution >= 4 is 28.8 Å². The van der Waals surface area contributed by atoms with Gasteiger partial charge in [0.2, 0.25) is 0 Å². The Labute approximate surface area is 226 Å². The molecule has 0 saturated heterocycles. The number of esters is 2. The maximum Gasteiger partial charge on any atom is 0.326 e. The van der Waals surface area contributed by atoms with Gasteiger partial charge in [-0.25, -0.2) is 13.8 Å². The number of aliphatic carboxylic acids is 1. The van der Waals surface area contributed by atoms with E-state index in [0.717, 1.165) is 12.1 Å². The van der Waals surface area contributed by atoms with Crippen LogP contribution in [-0.2, 0) is 42.6 Å². The average molecular weight is 554 g/mol. The number of carbonyl (C=O) groups excluding carboxylic acids is 2. The molecule has 40 heavy (non-hydrogen) atoms. The summed E-state index contributed by atoms with van der Waals surface area (Å²) >= 11 is 0. The second-order valence-electron chi connectivity index (χ2n) is 9.78. The number of hydrogen-bond donors (Lipinski definition) is 2. The summed E-state index contributed by atoms with van der Waals surface area (Å²) in [5, 5.41) is 11.9. The monoisotopic (exact) mass is 553 g/mol. The number of cyclic esters (lactones) is 1. The summed E-state index contributed by atoms with van der Waals surface area (Å²) in [7, 11) is 0. The van der Waals surface area contributed by atoms with Crippen molar-refractivity contribution in [1.82, 2.24) is 14.9 Å². The van der Waals surface area contributed by atoms with Gasteiger partial charge in [-0.1, -0.05) is 13.5 Å². The minimum Gasteiger partial charge on any atom is -0.481 e. The van der Waals surface area contributed by atoms with Crippen LogP contribution < -0.4 is 10.9 Å². The summed E-state index contributed by atoms with van der Waals surface area (Å²) in [6, 6.07) is 5.31. The number of hydrogen-bond acceptors (Lipinski definition) is 8. The number of carboxylic acids is 1. The van der Waals surface area contributed by atoms with Crippen LogP contribution in [0.25, 0.3) is 22.3 Å². The van der Waals surface area contributed by atoms with E-state index in [1.807, 2.05) is 0 Å². The minimum absolute atomic E-state index is 0.108. The molecular formula is C28H25F2N3O7. The van der Waals surface area contributed by atoms with Gasteiger partial charge in [0.25, 0.3) is 5.56 Å². The number of pyridine rings is 2. The third-order valence-corrected chi connectivity index (χ3v) is 7.21. The van der Waals surface area contributed by atoms with Crippen molar-refractivity contribution in [3.05, 3.63) is 75.2 Å². The molecule has 1 atom stereocenters. The van der Waals surface area contributed by atoms with Crippen LogP contribution >= 0.6 is 0 Å². The van der Waals surface area contributed by atoms with Gasteiger partial charge in [0.05, 0.1) is 41.9 Å². The third kappa shape index (κ3) is 4.80. The molecule has 2 aromatic heterocycles. The number of ether oxygens (including phenoxy) is 2. The summed E-state index contributed by atoms with van der Waals surface area (Å²) in [6.45, 7) is 4.86. The van der Waals surface area contributed by atoms with Crippen LogP contribution in [0.4, 0.5) is 8.78 Å². The molecule has 0 fully saturated rings. The number of fused-ring (bicyclic) bond motifs is 5. The van der Waals surface area contributed by atoms with Gasteiger partial charge < -0.3 is 24.5 Å². The van der Waals surface area contributed by atoms with Crippen molar-refractivity contribution in [2.45, 2.75) is 51.4 Å². The van der Waals surface area contributed by atoms with Gasteiger partial charge >= 0.3 is 17.9 Å². The number of halogens is 2. The zero-order chi connectivity index (χ0) is 28.8. The largest absolute Gasteiger partial charge is 0.481 e. The van der Waals surface area contributed by atoms with E-state index in [0.29, 0.717) is 33.6 Å². The first-order chi connectivity index (χ1) is 19.0. The van der Waals surface area contributed by atoms with Crippen LogP contribution in [0.3, 0.4) is 0 Å². The lowest BCUT2D eigenvalue weighted by atomic mass is 9.85. The fourth-order valence-corrected chi connectivity index (χ4v) is 5.12. The summed E-state index contributed by atoms with van der Waals surface area (Å²) < 4.78 is 40.4. The molecule has 208 valence electrons.